The lowest BCUT2D eigenvalue weighted by molar-refractivity contribution is 0.249. The minimum atomic E-state index is -0.241. The molecular weight excluding hydrogens is 274 g/mol. The topological polar surface area (TPSA) is 54.0 Å². The molecule has 1 heterocycles. The normalized spacial score (nSPS) is 11.9. The fourth-order valence-corrected chi connectivity index (χ4v) is 2.40. The van der Waals surface area contributed by atoms with Gasteiger partial charge in [0.1, 0.15) is 0 Å². The van der Waals surface area contributed by atoms with Crippen molar-refractivity contribution in [3.05, 3.63) is 72.6 Å². The molecule has 0 radical (unpaired) electrons. The number of nitrogens with one attached hydrogen (secondary N) is 2. The average Bonchev–Trinajstić information content (AvgIpc) is 2.56. The number of amides is 2. The van der Waals surface area contributed by atoms with Gasteiger partial charge in [-0.1, -0.05) is 42.5 Å². The first-order valence-corrected chi connectivity index (χ1v) is 7.20. The first kappa shape index (κ1) is 14.1. The minimum Gasteiger partial charge on any atom is -0.330 e. The number of urea groups is 1. The number of pyridine rings is 1. The first-order valence-electron chi connectivity index (χ1n) is 7.20. The highest BCUT2D eigenvalue weighted by Crippen LogP contribution is 2.23. The molecule has 0 saturated carbocycles. The molecule has 0 spiro atoms. The van der Waals surface area contributed by atoms with Gasteiger partial charge in [-0.25, -0.2) is 4.79 Å². The van der Waals surface area contributed by atoms with Gasteiger partial charge in [-0.2, -0.15) is 0 Å². The van der Waals surface area contributed by atoms with Crippen LogP contribution in [0, 0.1) is 0 Å². The molecule has 1 atom stereocenters. The van der Waals surface area contributed by atoms with Crippen molar-refractivity contribution in [2.24, 2.45) is 0 Å². The number of hydrogen-bond acceptors (Lipinski definition) is 2. The summed E-state index contributed by atoms with van der Waals surface area (Å²) in [6, 6.07) is 19.1. The SMILES string of the molecule is C[C@@H](NC(=O)Nc1cccc2ccccc12)c1ccccn1. The molecule has 0 saturated heterocycles. The van der Waals surface area contributed by atoms with Crippen LogP contribution in [-0.4, -0.2) is 11.0 Å². The molecule has 2 N–H and O–H groups in total. The number of carbonyl (C=O) groups is 1. The zero-order chi connectivity index (χ0) is 15.4. The molecule has 4 nitrogen and oxygen atoms in total. The maximum atomic E-state index is 12.2. The van der Waals surface area contributed by atoms with Crippen LogP contribution in [-0.2, 0) is 0 Å². The number of anilines is 1. The maximum absolute atomic E-state index is 12.2. The van der Waals surface area contributed by atoms with Crippen molar-refractivity contribution in [3.8, 4) is 0 Å². The smallest absolute Gasteiger partial charge is 0.319 e. The lowest BCUT2D eigenvalue weighted by atomic mass is 10.1. The summed E-state index contributed by atoms with van der Waals surface area (Å²) in [6.07, 6.45) is 1.72. The third-order valence-electron chi connectivity index (χ3n) is 3.52. The van der Waals surface area contributed by atoms with Gasteiger partial charge in [0, 0.05) is 11.6 Å². The van der Waals surface area contributed by atoms with Crippen LogP contribution in [0.4, 0.5) is 10.5 Å². The summed E-state index contributed by atoms with van der Waals surface area (Å²) in [5.74, 6) is 0. The lowest BCUT2D eigenvalue weighted by Gasteiger charge is -2.15. The molecule has 0 bridgehead atoms. The standard InChI is InChI=1S/C18H17N3O/c1-13(16-10-4-5-12-19-16)20-18(22)21-17-11-6-8-14-7-2-3-9-15(14)17/h2-13H,1H3,(H2,20,21,22)/t13-/m1/s1. The van der Waals surface area contributed by atoms with Crippen LogP contribution in [0.2, 0.25) is 0 Å². The van der Waals surface area contributed by atoms with Gasteiger partial charge in [0.25, 0.3) is 0 Å². The highest BCUT2D eigenvalue weighted by Gasteiger charge is 2.11. The Kier molecular flexibility index (Phi) is 4.01. The third kappa shape index (κ3) is 3.06. The number of hydrogen-bond donors (Lipinski definition) is 2. The van der Waals surface area contributed by atoms with Gasteiger partial charge in [0.15, 0.2) is 0 Å². The Bertz CT molecular complexity index is 781. The van der Waals surface area contributed by atoms with Crippen molar-refractivity contribution < 1.29 is 4.79 Å². The molecule has 0 aliphatic heterocycles. The number of aromatic nitrogens is 1. The zero-order valence-corrected chi connectivity index (χ0v) is 12.3. The monoisotopic (exact) mass is 291 g/mol. The van der Waals surface area contributed by atoms with Crippen LogP contribution in [0.3, 0.4) is 0 Å². The van der Waals surface area contributed by atoms with E-state index in [0.29, 0.717) is 0 Å². The molecule has 1 aromatic heterocycles. The Balaban J connectivity index is 1.74. The number of fused-ring (bicyclic) bond motifs is 1. The summed E-state index contributed by atoms with van der Waals surface area (Å²) >= 11 is 0. The molecule has 0 fully saturated rings. The highest BCUT2D eigenvalue weighted by atomic mass is 16.2. The number of benzene rings is 2. The Morgan fingerprint density at radius 1 is 1.00 bits per heavy atom. The van der Waals surface area contributed by atoms with E-state index in [0.717, 1.165) is 22.2 Å². The van der Waals surface area contributed by atoms with Crippen molar-refractivity contribution in [1.29, 1.82) is 0 Å². The molecule has 2 aromatic carbocycles. The van der Waals surface area contributed by atoms with E-state index in [1.54, 1.807) is 6.20 Å². The van der Waals surface area contributed by atoms with Crippen LogP contribution in [0.1, 0.15) is 18.7 Å². The lowest BCUT2D eigenvalue weighted by Crippen LogP contribution is -2.31. The molecule has 0 aliphatic rings. The molecule has 4 heteroatoms. The van der Waals surface area contributed by atoms with Gasteiger partial charge in [-0.05, 0) is 30.5 Å². The predicted molar refractivity (Wildman–Crippen MR) is 88.8 cm³/mol. The van der Waals surface area contributed by atoms with Crippen LogP contribution < -0.4 is 10.6 Å². The fourth-order valence-electron chi connectivity index (χ4n) is 2.40. The van der Waals surface area contributed by atoms with E-state index in [9.17, 15) is 4.79 Å². The number of nitrogens with zero attached hydrogens (tertiary/aromatic N) is 1. The summed E-state index contributed by atoms with van der Waals surface area (Å²) < 4.78 is 0. The van der Waals surface area contributed by atoms with E-state index in [-0.39, 0.29) is 12.1 Å². The Labute approximate surface area is 129 Å². The summed E-state index contributed by atoms with van der Waals surface area (Å²) in [4.78, 5) is 16.4. The Morgan fingerprint density at radius 2 is 1.77 bits per heavy atom. The zero-order valence-electron chi connectivity index (χ0n) is 12.3. The van der Waals surface area contributed by atoms with Crippen LogP contribution >= 0.6 is 0 Å². The molecular formula is C18H17N3O. The van der Waals surface area contributed by atoms with Gasteiger partial charge < -0.3 is 10.6 Å². The second-order valence-corrected chi connectivity index (χ2v) is 5.10. The summed E-state index contributed by atoms with van der Waals surface area (Å²) in [6.45, 7) is 1.91. The van der Waals surface area contributed by atoms with E-state index in [4.69, 9.17) is 0 Å². The third-order valence-corrected chi connectivity index (χ3v) is 3.52. The van der Waals surface area contributed by atoms with Gasteiger partial charge in [-0.3, -0.25) is 4.98 Å². The van der Waals surface area contributed by atoms with Gasteiger partial charge in [0.05, 0.1) is 17.4 Å². The quantitative estimate of drug-likeness (QED) is 0.762. The second kappa shape index (κ2) is 6.26. The molecule has 3 rings (SSSR count). The molecule has 22 heavy (non-hydrogen) atoms. The summed E-state index contributed by atoms with van der Waals surface area (Å²) in [5.41, 5.74) is 1.62. The van der Waals surface area contributed by atoms with Crippen molar-refractivity contribution in [2.45, 2.75) is 13.0 Å². The van der Waals surface area contributed by atoms with Crippen molar-refractivity contribution in [3.63, 3.8) is 0 Å². The average molecular weight is 291 g/mol. The highest BCUT2D eigenvalue weighted by molar-refractivity contribution is 6.01. The minimum absolute atomic E-state index is 0.156. The van der Waals surface area contributed by atoms with Gasteiger partial charge in [-0.15, -0.1) is 0 Å². The van der Waals surface area contributed by atoms with E-state index in [2.05, 4.69) is 15.6 Å². The predicted octanol–water partition coefficient (Wildman–Crippen LogP) is 4.12. The molecule has 0 aliphatic carbocycles. The van der Waals surface area contributed by atoms with Crippen molar-refractivity contribution in [2.75, 3.05) is 5.32 Å². The van der Waals surface area contributed by atoms with E-state index in [1.165, 1.54) is 0 Å². The van der Waals surface area contributed by atoms with E-state index >= 15 is 0 Å². The Morgan fingerprint density at radius 3 is 2.59 bits per heavy atom. The molecule has 3 aromatic rings. The summed E-state index contributed by atoms with van der Waals surface area (Å²) in [7, 11) is 0. The van der Waals surface area contributed by atoms with Crippen molar-refractivity contribution >= 4 is 22.5 Å². The van der Waals surface area contributed by atoms with Crippen LogP contribution in [0.5, 0.6) is 0 Å². The Hall–Kier alpha value is -2.88. The maximum Gasteiger partial charge on any atom is 0.319 e. The number of carbonyl (C=O) groups excluding carboxylic acids is 1. The van der Waals surface area contributed by atoms with Crippen LogP contribution in [0.15, 0.2) is 66.9 Å². The second-order valence-electron chi connectivity index (χ2n) is 5.10. The molecule has 2 amide bonds. The first-order chi connectivity index (χ1) is 10.7. The van der Waals surface area contributed by atoms with Gasteiger partial charge >= 0.3 is 6.03 Å². The van der Waals surface area contributed by atoms with Crippen molar-refractivity contribution in [1.82, 2.24) is 10.3 Å². The summed E-state index contributed by atoms with van der Waals surface area (Å²) in [5, 5.41) is 7.92. The molecule has 0 unspecified atom stereocenters. The van der Waals surface area contributed by atoms with Gasteiger partial charge in [0.2, 0.25) is 0 Å². The van der Waals surface area contributed by atoms with E-state index in [1.807, 2.05) is 67.6 Å². The van der Waals surface area contributed by atoms with Crippen LogP contribution in [0.25, 0.3) is 10.8 Å². The fraction of sp³-hybridized carbons (Fsp3) is 0.111. The largest absolute Gasteiger partial charge is 0.330 e. The van der Waals surface area contributed by atoms with E-state index < -0.39 is 0 Å². The molecule has 110 valence electrons. The number of rotatable bonds is 3.